The van der Waals surface area contributed by atoms with Crippen molar-refractivity contribution in [1.29, 1.82) is 0 Å². The van der Waals surface area contributed by atoms with Crippen LogP contribution in [0.25, 0.3) is 0 Å². The molecule has 1 aromatic carbocycles. The Hall–Kier alpha value is -1.26. The molecule has 1 atom stereocenters. The van der Waals surface area contributed by atoms with Gasteiger partial charge in [0.05, 0.1) is 6.42 Å². The van der Waals surface area contributed by atoms with E-state index in [2.05, 4.69) is 5.32 Å². The van der Waals surface area contributed by atoms with Gasteiger partial charge in [0.25, 0.3) is 0 Å². The van der Waals surface area contributed by atoms with Gasteiger partial charge in [-0.25, -0.2) is 0 Å². The number of hydrogen-bond acceptors (Lipinski definition) is 2. The van der Waals surface area contributed by atoms with Crippen molar-refractivity contribution in [2.75, 3.05) is 0 Å². The van der Waals surface area contributed by atoms with Crippen LogP contribution < -0.4 is 11.1 Å². The van der Waals surface area contributed by atoms with Crippen molar-refractivity contribution >= 4 is 35.0 Å². The van der Waals surface area contributed by atoms with Crippen molar-refractivity contribution in [3.8, 4) is 0 Å². The van der Waals surface area contributed by atoms with Crippen LogP contribution in [0, 0.1) is 0 Å². The van der Waals surface area contributed by atoms with E-state index in [1.165, 1.54) is 6.92 Å². The number of hydrogen-bond donors (Lipinski definition) is 2. The summed E-state index contributed by atoms with van der Waals surface area (Å²) in [5.41, 5.74) is 5.64. The van der Waals surface area contributed by atoms with Gasteiger partial charge in [0.15, 0.2) is 0 Å². The van der Waals surface area contributed by atoms with E-state index in [0.29, 0.717) is 15.6 Å². The molecule has 0 aliphatic heterocycles. The van der Waals surface area contributed by atoms with Crippen molar-refractivity contribution in [2.24, 2.45) is 5.73 Å². The van der Waals surface area contributed by atoms with Gasteiger partial charge in [-0.1, -0.05) is 23.2 Å². The van der Waals surface area contributed by atoms with Gasteiger partial charge in [-0.05, 0) is 30.7 Å². The summed E-state index contributed by atoms with van der Waals surface area (Å²) in [5, 5.41) is 3.41. The summed E-state index contributed by atoms with van der Waals surface area (Å²) in [6.07, 6.45) is 0.0526. The Labute approximate surface area is 109 Å². The molecule has 0 saturated heterocycles. The number of benzene rings is 1. The monoisotopic (exact) mass is 274 g/mol. The molecule has 0 fully saturated rings. The maximum atomic E-state index is 11.6. The van der Waals surface area contributed by atoms with Gasteiger partial charge in [0.2, 0.25) is 11.8 Å². The molecular formula is C11H12Cl2N2O2. The molecular weight excluding hydrogens is 263 g/mol. The van der Waals surface area contributed by atoms with Crippen LogP contribution in [-0.4, -0.2) is 17.9 Å². The molecule has 17 heavy (non-hydrogen) atoms. The average molecular weight is 275 g/mol. The lowest BCUT2D eigenvalue weighted by Crippen LogP contribution is -2.42. The fraction of sp³-hybridized carbons (Fsp3) is 0.273. The Kier molecular flexibility index (Phi) is 4.78. The summed E-state index contributed by atoms with van der Waals surface area (Å²) in [7, 11) is 0. The molecule has 3 N–H and O–H groups in total. The van der Waals surface area contributed by atoms with Gasteiger partial charge in [0, 0.05) is 10.0 Å². The van der Waals surface area contributed by atoms with Crippen molar-refractivity contribution in [3.63, 3.8) is 0 Å². The van der Waals surface area contributed by atoms with E-state index in [1.54, 1.807) is 18.2 Å². The van der Waals surface area contributed by atoms with Gasteiger partial charge < -0.3 is 11.1 Å². The van der Waals surface area contributed by atoms with Crippen LogP contribution in [0.1, 0.15) is 12.5 Å². The van der Waals surface area contributed by atoms with Crippen LogP contribution in [0.4, 0.5) is 0 Å². The third kappa shape index (κ3) is 4.24. The third-order valence-corrected chi connectivity index (χ3v) is 2.77. The highest BCUT2D eigenvalue weighted by Gasteiger charge is 2.13. The second kappa shape index (κ2) is 5.89. The number of primary amides is 1. The number of amides is 2. The first-order chi connectivity index (χ1) is 7.90. The molecule has 0 heterocycles. The fourth-order valence-corrected chi connectivity index (χ4v) is 1.59. The van der Waals surface area contributed by atoms with Crippen LogP contribution in [-0.2, 0) is 16.0 Å². The Bertz CT molecular complexity index is 449. The molecule has 0 aliphatic rings. The number of nitrogens with one attached hydrogen (secondary N) is 1. The molecule has 1 rings (SSSR count). The summed E-state index contributed by atoms with van der Waals surface area (Å²) in [4.78, 5) is 22.3. The van der Waals surface area contributed by atoms with E-state index < -0.39 is 11.9 Å². The summed E-state index contributed by atoms with van der Waals surface area (Å²) in [5.74, 6) is -0.920. The second-order valence-corrected chi connectivity index (χ2v) is 4.45. The lowest BCUT2D eigenvalue weighted by molar-refractivity contribution is -0.126. The normalized spacial score (nSPS) is 11.9. The highest BCUT2D eigenvalue weighted by Crippen LogP contribution is 2.20. The number of halogens is 2. The third-order valence-electron chi connectivity index (χ3n) is 2.16. The SMILES string of the molecule is CC(NC(=O)Cc1cc(Cl)ccc1Cl)C(N)=O. The van der Waals surface area contributed by atoms with E-state index in [-0.39, 0.29) is 12.3 Å². The second-order valence-electron chi connectivity index (χ2n) is 3.60. The molecule has 0 radical (unpaired) electrons. The van der Waals surface area contributed by atoms with Gasteiger partial charge in [-0.2, -0.15) is 0 Å². The molecule has 6 heteroatoms. The lowest BCUT2D eigenvalue weighted by atomic mass is 10.1. The van der Waals surface area contributed by atoms with E-state index in [4.69, 9.17) is 28.9 Å². The topological polar surface area (TPSA) is 72.2 Å². The predicted molar refractivity (Wildman–Crippen MR) is 67.0 cm³/mol. The minimum absolute atomic E-state index is 0.0526. The van der Waals surface area contributed by atoms with Crippen LogP contribution in [0.3, 0.4) is 0 Å². The number of carbonyl (C=O) groups excluding carboxylic acids is 2. The van der Waals surface area contributed by atoms with Gasteiger partial charge in [-0.3, -0.25) is 9.59 Å². The summed E-state index contributed by atoms with van der Waals surface area (Å²) >= 11 is 11.7. The molecule has 1 unspecified atom stereocenters. The van der Waals surface area contributed by atoms with Crippen molar-refractivity contribution in [1.82, 2.24) is 5.32 Å². The minimum atomic E-state index is -0.708. The maximum Gasteiger partial charge on any atom is 0.239 e. The van der Waals surface area contributed by atoms with E-state index >= 15 is 0 Å². The van der Waals surface area contributed by atoms with E-state index in [0.717, 1.165) is 0 Å². The molecule has 1 aromatic rings. The zero-order valence-corrected chi connectivity index (χ0v) is 10.7. The van der Waals surface area contributed by atoms with E-state index in [1.807, 2.05) is 0 Å². The summed E-state index contributed by atoms with van der Waals surface area (Å²) < 4.78 is 0. The maximum absolute atomic E-state index is 11.6. The van der Waals surface area contributed by atoms with Crippen molar-refractivity contribution in [3.05, 3.63) is 33.8 Å². The average Bonchev–Trinajstić information content (AvgIpc) is 2.23. The molecule has 0 aromatic heterocycles. The van der Waals surface area contributed by atoms with Crippen molar-refractivity contribution in [2.45, 2.75) is 19.4 Å². The number of nitrogens with two attached hydrogens (primary N) is 1. The summed E-state index contributed by atoms with van der Waals surface area (Å²) in [6, 6.07) is 4.15. The standard InChI is InChI=1S/C11H12Cl2N2O2/c1-6(11(14)17)15-10(16)5-7-4-8(12)2-3-9(7)13/h2-4,6H,5H2,1H3,(H2,14,17)(H,15,16). The quantitative estimate of drug-likeness (QED) is 0.874. The lowest BCUT2D eigenvalue weighted by Gasteiger charge is -2.10. The van der Waals surface area contributed by atoms with Gasteiger partial charge in [-0.15, -0.1) is 0 Å². The smallest absolute Gasteiger partial charge is 0.239 e. The molecule has 0 bridgehead atoms. The zero-order valence-electron chi connectivity index (χ0n) is 9.17. The number of carbonyl (C=O) groups is 2. The Morgan fingerprint density at radius 3 is 2.65 bits per heavy atom. The van der Waals surface area contributed by atoms with Crippen LogP contribution in [0.5, 0.6) is 0 Å². The molecule has 0 aliphatic carbocycles. The van der Waals surface area contributed by atoms with Crippen LogP contribution in [0.15, 0.2) is 18.2 Å². The zero-order chi connectivity index (χ0) is 13.0. The first-order valence-corrected chi connectivity index (χ1v) is 5.68. The molecule has 0 saturated carbocycles. The summed E-state index contributed by atoms with van der Waals surface area (Å²) in [6.45, 7) is 1.51. The first-order valence-electron chi connectivity index (χ1n) is 4.92. The Morgan fingerprint density at radius 1 is 1.41 bits per heavy atom. The van der Waals surface area contributed by atoms with Crippen LogP contribution >= 0.6 is 23.2 Å². The highest BCUT2D eigenvalue weighted by atomic mass is 35.5. The fourth-order valence-electron chi connectivity index (χ4n) is 1.22. The van der Waals surface area contributed by atoms with Gasteiger partial charge >= 0.3 is 0 Å². The number of rotatable bonds is 4. The van der Waals surface area contributed by atoms with Crippen molar-refractivity contribution < 1.29 is 9.59 Å². The minimum Gasteiger partial charge on any atom is -0.368 e. The highest BCUT2D eigenvalue weighted by molar-refractivity contribution is 6.33. The molecule has 4 nitrogen and oxygen atoms in total. The predicted octanol–water partition coefficient (Wildman–Crippen LogP) is 1.53. The Morgan fingerprint density at radius 2 is 2.06 bits per heavy atom. The van der Waals surface area contributed by atoms with Gasteiger partial charge in [0.1, 0.15) is 6.04 Å². The van der Waals surface area contributed by atoms with E-state index in [9.17, 15) is 9.59 Å². The van der Waals surface area contributed by atoms with Crippen LogP contribution in [0.2, 0.25) is 10.0 Å². The molecule has 0 spiro atoms. The largest absolute Gasteiger partial charge is 0.368 e. The first kappa shape index (κ1) is 13.8. The molecule has 92 valence electrons. The Balaban J connectivity index is 2.68. The molecule has 2 amide bonds.